The fourth-order valence-electron chi connectivity index (χ4n) is 2.15. The zero-order valence-electron chi connectivity index (χ0n) is 12.2. The predicted octanol–water partition coefficient (Wildman–Crippen LogP) is 2.84. The van der Waals surface area contributed by atoms with Crippen molar-refractivity contribution in [3.8, 4) is 5.75 Å². The highest BCUT2D eigenvalue weighted by molar-refractivity contribution is 5.67. The summed E-state index contributed by atoms with van der Waals surface area (Å²) in [6, 6.07) is 10.1. The first kappa shape index (κ1) is 13.4. The van der Waals surface area contributed by atoms with Crippen LogP contribution in [0, 0.1) is 13.8 Å². The highest BCUT2D eigenvalue weighted by Crippen LogP contribution is 2.14. The number of aromatic nitrogens is 3. The van der Waals surface area contributed by atoms with Crippen LogP contribution in [0.2, 0.25) is 0 Å². The molecule has 0 aliphatic heterocycles. The highest BCUT2D eigenvalue weighted by Gasteiger charge is 2.04. The lowest BCUT2D eigenvalue weighted by Crippen LogP contribution is -2.13. The maximum Gasteiger partial charge on any atom is 0.152 e. The van der Waals surface area contributed by atoms with Crippen LogP contribution in [0.5, 0.6) is 5.75 Å². The highest BCUT2D eigenvalue weighted by atomic mass is 16.5. The molecule has 1 N–H and O–H groups in total. The van der Waals surface area contributed by atoms with Gasteiger partial charge in [0, 0.05) is 12.4 Å². The molecular formula is C16H18N4O. The summed E-state index contributed by atoms with van der Waals surface area (Å²) in [5, 5.41) is 7.65. The van der Waals surface area contributed by atoms with Gasteiger partial charge in [0.15, 0.2) is 5.82 Å². The largest absolute Gasteiger partial charge is 0.492 e. The molecule has 5 nitrogen and oxygen atoms in total. The van der Waals surface area contributed by atoms with E-state index in [2.05, 4.69) is 22.3 Å². The quantitative estimate of drug-likeness (QED) is 0.731. The van der Waals surface area contributed by atoms with Crippen molar-refractivity contribution >= 4 is 11.3 Å². The predicted molar refractivity (Wildman–Crippen MR) is 82.9 cm³/mol. The van der Waals surface area contributed by atoms with Gasteiger partial charge in [-0.25, -0.2) is 9.50 Å². The molecular weight excluding hydrogens is 264 g/mol. The van der Waals surface area contributed by atoms with Gasteiger partial charge in [0.05, 0.1) is 12.2 Å². The van der Waals surface area contributed by atoms with Crippen molar-refractivity contribution in [2.45, 2.75) is 13.8 Å². The summed E-state index contributed by atoms with van der Waals surface area (Å²) < 4.78 is 7.51. The fraction of sp³-hybridized carbons (Fsp3) is 0.250. The normalized spacial score (nSPS) is 10.8. The molecule has 0 saturated carbocycles. The first-order valence-electron chi connectivity index (χ1n) is 6.97. The molecule has 0 spiro atoms. The van der Waals surface area contributed by atoms with Crippen LogP contribution < -0.4 is 10.1 Å². The molecule has 0 saturated heterocycles. The van der Waals surface area contributed by atoms with Crippen molar-refractivity contribution in [1.82, 2.24) is 14.6 Å². The summed E-state index contributed by atoms with van der Waals surface area (Å²) >= 11 is 0. The van der Waals surface area contributed by atoms with Crippen LogP contribution in [0.1, 0.15) is 11.3 Å². The molecule has 0 aliphatic carbocycles. The van der Waals surface area contributed by atoms with Crippen LogP contribution >= 0.6 is 0 Å². The Bertz CT molecular complexity index is 734. The Morgan fingerprint density at radius 2 is 2.00 bits per heavy atom. The van der Waals surface area contributed by atoms with Crippen LogP contribution in [-0.2, 0) is 0 Å². The molecule has 0 radical (unpaired) electrons. The first-order chi connectivity index (χ1) is 10.2. The molecule has 0 fully saturated rings. The van der Waals surface area contributed by atoms with E-state index in [9.17, 15) is 0 Å². The van der Waals surface area contributed by atoms with E-state index in [-0.39, 0.29) is 0 Å². The van der Waals surface area contributed by atoms with Gasteiger partial charge in [-0.1, -0.05) is 17.7 Å². The third-order valence-corrected chi connectivity index (χ3v) is 3.20. The molecule has 3 rings (SSSR count). The average Bonchev–Trinajstić information content (AvgIpc) is 2.86. The maximum absolute atomic E-state index is 5.69. The summed E-state index contributed by atoms with van der Waals surface area (Å²) in [7, 11) is 0. The lowest BCUT2D eigenvalue weighted by molar-refractivity contribution is 0.332. The molecule has 0 unspecified atom stereocenters. The van der Waals surface area contributed by atoms with Gasteiger partial charge in [-0.2, -0.15) is 5.10 Å². The van der Waals surface area contributed by atoms with Crippen LogP contribution in [0.3, 0.4) is 0 Å². The Morgan fingerprint density at radius 3 is 2.81 bits per heavy atom. The van der Waals surface area contributed by atoms with Gasteiger partial charge >= 0.3 is 0 Å². The van der Waals surface area contributed by atoms with Gasteiger partial charge in [0.25, 0.3) is 0 Å². The summed E-state index contributed by atoms with van der Waals surface area (Å²) in [5.74, 6) is 1.71. The standard InChI is InChI=1S/C16H18N4O/c1-12-3-5-14(6-4-12)21-10-8-18-16-15-11-13(2)19-20(15)9-7-17-16/h3-7,9,11H,8,10H2,1-2H3,(H,17,18). The number of aryl methyl sites for hydroxylation is 2. The van der Waals surface area contributed by atoms with Crippen molar-refractivity contribution in [2.24, 2.45) is 0 Å². The molecule has 0 atom stereocenters. The Kier molecular flexibility index (Phi) is 3.73. The summed E-state index contributed by atoms with van der Waals surface area (Å²) in [6.45, 7) is 5.30. The maximum atomic E-state index is 5.69. The molecule has 1 aromatic carbocycles. The number of rotatable bonds is 5. The van der Waals surface area contributed by atoms with Crippen LogP contribution in [-0.4, -0.2) is 27.7 Å². The topological polar surface area (TPSA) is 51.5 Å². The lowest BCUT2D eigenvalue weighted by Gasteiger charge is -2.09. The molecule has 21 heavy (non-hydrogen) atoms. The van der Waals surface area contributed by atoms with E-state index in [1.54, 1.807) is 6.20 Å². The smallest absolute Gasteiger partial charge is 0.152 e. The number of hydrogen-bond donors (Lipinski definition) is 1. The second-order valence-corrected chi connectivity index (χ2v) is 4.98. The first-order valence-corrected chi connectivity index (χ1v) is 6.97. The number of anilines is 1. The second kappa shape index (κ2) is 5.83. The van der Waals surface area contributed by atoms with E-state index in [0.29, 0.717) is 13.2 Å². The van der Waals surface area contributed by atoms with Gasteiger partial charge in [-0.05, 0) is 32.0 Å². The fourth-order valence-corrected chi connectivity index (χ4v) is 2.15. The van der Waals surface area contributed by atoms with E-state index in [1.807, 2.05) is 48.0 Å². The molecule has 2 aromatic heterocycles. The van der Waals surface area contributed by atoms with Gasteiger partial charge in [-0.3, -0.25) is 0 Å². The van der Waals surface area contributed by atoms with Crippen molar-refractivity contribution in [3.05, 3.63) is 54.0 Å². The average molecular weight is 282 g/mol. The van der Waals surface area contributed by atoms with Crippen molar-refractivity contribution in [2.75, 3.05) is 18.5 Å². The molecule has 0 amide bonds. The van der Waals surface area contributed by atoms with E-state index in [4.69, 9.17) is 4.74 Å². The van der Waals surface area contributed by atoms with Crippen LogP contribution in [0.4, 0.5) is 5.82 Å². The van der Waals surface area contributed by atoms with E-state index in [1.165, 1.54) is 5.56 Å². The SMILES string of the molecule is Cc1ccc(OCCNc2nccn3nc(C)cc23)cc1. The molecule has 2 heterocycles. The zero-order valence-corrected chi connectivity index (χ0v) is 12.2. The minimum Gasteiger partial charge on any atom is -0.492 e. The Labute approximate surface area is 123 Å². The molecule has 0 bridgehead atoms. The number of ether oxygens (including phenoxy) is 1. The van der Waals surface area contributed by atoms with Crippen molar-refractivity contribution in [3.63, 3.8) is 0 Å². The zero-order chi connectivity index (χ0) is 14.7. The summed E-state index contributed by atoms with van der Waals surface area (Å²) in [5.41, 5.74) is 3.18. The number of nitrogens with zero attached hydrogens (tertiary/aromatic N) is 3. The van der Waals surface area contributed by atoms with E-state index in [0.717, 1.165) is 22.8 Å². The molecule has 108 valence electrons. The van der Waals surface area contributed by atoms with Crippen LogP contribution in [0.15, 0.2) is 42.7 Å². The molecule has 3 aromatic rings. The van der Waals surface area contributed by atoms with E-state index < -0.39 is 0 Å². The summed E-state index contributed by atoms with van der Waals surface area (Å²) in [4.78, 5) is 4.35. The Morgan fingerprint density at radius 1 is 1.19 bits per heavy atom. The third-order valence-electron chi connectivity index (χ3n) is 3.20. The van der Waals surface area contributed by atoms with E-state index >= 15 is 0 Å². The van der Waals surface area contributed by atoms with Crippen molar-refractivity contribution in [1.29, 1.82) is 0 Å². The van der Waals surface area contributed by atoms with Gasteiger partial charge < -0.3 is 10.1 Å². The summed E-state index contributed by atoms with van der Waals surface area (Å²) in [6.07, 6.45) is 3.58. The third kappa shape index (κ3) is 3.13. The number of nitrogens with one attached hydrogen (secondary N) is 1. The number of benzene rings is 1. The molecule has 0 aliphatic rings. The second-order valence-electron chi connectivity index (χ2n) is 4.98. The van der Waals surface area contributed by atoms with Gasteiger partial charge in [0.2, 0.25) is 0 Å². The Hall–Kier alpha value is -2.56. The molecule has 5 heteroatoms. The van der Waals surface area contributed by atoms with Gasteiger partial charge in [-0.15, -0.1) is 0 Å². The van der Waals surface area contributed by atoms with Gasteiger partial charge in [0.1, 0.15) is 17.9 Å². The minimum absolute atomic E-state index is 0.582. The van der Waals surface area contributed by atoms with Crippen molar-refractivity contribution < 1.29 is 4.74 Å². The lowest BCUT2D eigenvalue weighted by atomic mass is 10.2. The minimum atomic E-state index is 0.582. The van der Waals surface area contributed by atoms with Crippen LogP contribution in [0.25, 0.3) is 5.52 Å². The number of fused-ring (bicyclic) bond motifs is 1. The Balaban J connectivity index is 1.58. The monoisotopic (exact) mass is 282 g/mol. The number of hydrogen-bond acceptors (Lipinski definition) is 4.